The topological polar surface area (TPSA) is 29.3 Å². The molecule has 0 saturated carbocycles. The molecule has 0 spiro atoms. The van der Waals surface area contributed by atoms with E-state index in [9.17, 15) is 8.78 Å². The van der Waals surface area contributed by atoms with Gasteiger partial charge in [0, 0.05) is 18.3 Å². The molecule has 112 valence electrons. The first-order valence-electron chi connectivity index (χ1n) is 7.08. The van der Waals surface area contributed by atoms with Crippen LogP contribution in [-0.2, 0) is 6.42 Å². The molecule has 0 radical (unpaired) electrons. The van der Waals surface area contributed by atoms with Crippen molar-refractivity contribution in [2.75, 3.05) is 11.4 Å². The molecule has 0 aliphatic rings. The third-order valence-electron chi connectivity index (χ3n) is 3.32. The lowest BCUT2D eigenvalue weighted by atomic mass is 10.1. The van der Waals surface area contributed by atoms with Gasteiger partial charge >= 0.3 is 0 Å². The quantitative estimate of drug-likeness (QED) is 0.901. The fourth-order valence-electron chi connectivity index (χ4n) is 2.38. The van der Waals surface area contributed by atoms with E-state index in [2.05, 4.69) is 0 Å². The second-order valence-electron chi connectivity index (χ2n) is 5.19. The zero-order valence-corrected chi connectivity index (χ0v) is 12.3. The Balaban J connectivity index is 2.32. The van der Waals surface area contributed by atoms with Crippen LogP contribution in [0.1, 0.15) is 19.4 Å². The van der Waals surface area contributed by atoms with Crippen LogP contribution < -0.4 is 10.6 Å². The van der Waals surface area contributed by atoms with Crippen molar-refractivity contribution < 1.29 is 8.78 Å². The van der Waals surface area contributed by atoms with Crippen LogP contribution in [0.15, 0.2) is 42.5 Å². The third-order valence-corrected chi connectivity index (χ3v) is 3.32. The third kappa shape index (κ3) is 3.79. The van der Waals surface area contributed by atoms with Crippen LogP contribution in [0.25, 0.3) is 0 Å². The van der Waals surface area contributed by atoms with Crippen LogP contribution in [0, 0.1) is 11.6 Å². The van der Waals surface area contributed by atoms with Crippen molar-refractivity contribution in [3.63, 3.8) is 0 Å². The minimum absolute atomic E-state index is 0.00498. The maximum atomic E-state index is 14.3. The summed E-state index contributed by atoms with van der Waals surface area (Å²) in [6.45, 7) is 4.41. The molecule has 0 aliphatic heterocycles. The number of benzene rings is 2. The van der Waals surface area contributed by atoms with Crippen molar-refractivity contribution in [1.82, 2.24) is 0 Å². The van der Waals surface area contributed by atoms with Crippen LogP contribution in [0.2, 0.25) is 0 Å². The summed E-state index contributed by atoms with van der Waals surface area (Å²) in [5.74, 6) is -0.595. The van der Waals surface area contributed by atoms with E-state index in [0.29, 0.717) is 18.7 Å². The highest BCUT2D eigenvalue weighted by Crippen LogP contribution is 2.28. The molecule has 0 heterocycles. The normalized spacial score (nSPS) is 12.2. The van der Waals surface area contributed by atoms with E-state index in [1.54, 1.807) is 18.2 Å². The van der Waals surface area contributed by atoms with Gasteiger partial charge in [-0.05, 0) is 62.2 Å². The Morgan fingerprint density at radius 2 is 1.76 bits per heavy atom. The number of rotatable bonds is 5. The summed E-state index contributed by atoms with van der Waals surface area (Å²) in [6.07, 6.45) is 0.639. The molecule has 2 aromatic rings. The first-order valence-corrected chi connectivity index (χ1v) is 7.08. The van der Waals surface area contributed by atoms with Crippen molar-refractivity contribution in [3.8, 4) is 0 Å². The summed E-state index contributed by atoms with van der Waals surface area (Å²) < 4.78 is 27.4. The Labute approximate surface area is 124 Å². The van der Waals surface area contributed by atoms with E-state index in [-0.39, 0.29) is 17.7 Å². The van der Waals surface area contributed by atoms with Crippen LogP contribution >= 0.6 is 0 Å². The van der Waals surface area contributed by atoms with Crippen molar-refractivity contribution in [2.45, 2.75) is 26.3 Å². The summed E-state index contributed by atoms with van der Waals surface area (Å²) in [4.78, 5) is 1.81. The standard InChI is InChI=1S/C17H20F2N2/c1-3-21(15-7-5-14(18)6-8-15)17-9-4-13(10-12(2)20)11-16(17)19/h4-9,11-12H,3,10,20H2,1-2H3. The summed E-state index contributed by atoms with van der Waals surface area (Å²) in [6, 6.07) is 11.2. The molecular formula is C17H20F2N2. The van der Waals surface area contributed by atoms with Gasteiger partial charge in [-0.1, -0.05) is 6.07 Å². The first kappa shape index (κ1) is 15.4. The largest absolute Gasteiger partial charge is 0.339 e. The molecule has 0 saturated heterocycles. The van der Waals surface area contributed by atoms with Crippen molar-refractivity contribution in [3.05, 3.63) is 59.7 Å². The summed E-state index contributed by atoms with van der Waals surface area (Å²) >= 11 is 0. The lowest BCUT2D eigenvalue weighted by Gasteiger charge is -2.24. The van der Waals surface area contributed by atoms with Gasteiger partial charge in [0.25, 0.3) is 0 Å². The van der Waals surface area contributed by atoms with Gasteiger partial charge in [0.05, 0.1) is 5.69 Å². The molecule has 2 rings (SSSR count). The molecule has 0 fully saturated rings. The highest BCUT2D eigenvalue weighted by atomic mass is 19.1. The molecule has 2 aromatic carbocycles. The lowest BCUT2D eigenvalue weighted by Crippen LogP contribution is -2.19. The average molecular weight is 290 g/mol. The van der Waals surface area contributed by atoms with Crippen LogP contribution in [0.3, 0.4) is 0 Å². The number of halogens is 2. The molecule has 4 heteroatoms. The summed E-state index contributed by atoms with van der Waals surface area (Å²) in [5, 5.41) is 0. The molecule has 2 nitrogen and oxygen atoms in total. The molecule has 2 N–H and O–H groups in total. The van der Waals surface area contributed by atoms with E-state index < -0.39 is 0 Å². The van der Waals surface area contributed by atoms with Gasteiger partial charge in [0.1, 0.15) is 11.6 Å². The molecule has 1 atom stereocenters. The minimum Gasteiger partial charge on any atom is -0.339 e. The van der Waals surface area contributed by atoms with Crippen LogP contribution in [0.4, 0.5) is 20.2 Å². The van der Waals surface area contributed by atoms with Gasteiger partial charge in [-0.25, -0.2) is 8.78 Å². The van der Waals surface area contributed by atoms with Gasteiger partial charge in [0.2, 0.25) is 0 Å². The monoisotopic (exact) mass is 290 g/mol. The fourth-order valence-corrected chi connectivity index (χ4v) is 2.38. The van der Waals surface area contributed by atoms with Crippen molar-refractivity contribution in [1.29, 1.82) is 0 Å². The minimum atomic E-state index is -0.303. The smallest absolute Gasteiger partial charge is 0.147 e. The number of anilines is 2. The van der Waals surface area contributed by atoms with Gasteiger partial charge in [-0.3, -0.25) is 0 Å². The van der Waals surface area contributed by atoms with E-state index in [0.717, 1.165) is 11.3 Å². The SMILES string of the molecule is CCN(c1ccc(F)cc1)c1ccc(CC(C)N)cc1F. The maximum Gasteiger partial charge on any atom is 0.147 e. The number of hydrogen-bond donors (Lipinski definition) is 1. The van der Waals surface area contributed by atoms with Gasteiger partial charge < -0.3 is 10.6 Å². The molecular weight excluding hydrogens is 270 g/mol. The van der Waals surface area contributed by atoms with Gasteiger partial charge in [0.15, 0.2) is 0 Å². The predicted molar refractivity (Wildman–Crippen MR) is 82.8 cm³/mol. The van der Waals surface area contributed by atoms with E-state index in [4.69, 9.17) is 5.73 Å². The maximum absolute atomic E-state index is 14.3. The van der Waals surface area contributed by atoms with E-state index in [1.165, 1.54) is 18.2 Å². The average Bonchev–Trinajstić information content (AvgIpc) is 2.43. The van der Waals surface area contributed by atoms with Crippen LogP contribution in [0.5, 0.6) is 0 Å². The molecule has 1 unspecified atom stereocenters. The second kappa shape index (κ2) is 6.68. The number of nitrogens with two attached hydrogens (primary N) is 1. The lowest BCUT2D eigenvalue weighted by molar-refractivity contribution is 0.620. The predicted octanol–water partition coefficient (Wildman–Crippen LogP) is 4.01. The van der Waals surface area contributed by atoms with E-state index >= 15 is 0 Å². The number of nitrogens with zero attached hydrogens (tertiary/aromatic N) is 1. The van der Waals surface area contributed by atoms with Gasteiger partial charge in [-0.15, -0.1) is 0 Å². The van der Waals surface area contributed by atoms with Crippen molar-refractivity contribution in [2.24, 2.45) is 5.73 Å². The molecule has 0 aliphatic carbocycles. The highest BCUT2D eigenvalue weighted by molar-refractivity contribution is 5.64. The Kier molecular flexibility index (Phi) is 4.91. The molecule has 0 bridgehead atoms. The van der Waals surface area contributed by atoms with Gasteiger partial charge in [-0.2, -0.15) is 0 Å². The zero-order chi connectivity index (χ0) is 15.4. The molecule has 0 amide bonds. The molecule has 21 heavy (non-hydrogen) atoms. The molecule has 0 aromatic heterocycles. The Bertz CT molecular complexity index is 594. The Morgan fingerprint density at radius 1 is 1.10 bits per heavy atom. The van der Waals surface area contributed by atoms with Crippen LogP contribution in [-0.4, -0.2) is 12.6 Å². The first-order chi connectivity index (χ1) is 10.0. The van der Waals surface area contributed by atoms with Crippen molar-refractivity contribution >= 4 is 11.4 Å². The zero-order valence-electron chi connectivity index (χ0n) is 12.3. The summed E-state index contributed by atoms with van der Waals surface area (Å²) in [7, 11) is 0. The second-order valence-corrected chi connectivity index (χ2v) is 5.19. The van der Waals surface area contributed by atoms with E-state index in [1.807, 2.05) is 24.8 Å². The Morgan fingerprint density at radius 3 is 2.29 bits per heavy atom. The number of hydrogen-bond acceptors (Lipinski definition) is 2. The summed E-state index contributed by atoms with van der Waals surface area (Å²) in [5.41, 5.74) is 7.86. The highest BCUT2D eigenvalue weighted by Gasteiger charge is 2.13. The Hall–Kier alpha value is -1.94. The fraction of sp³-hybridized carbons (Fsp3) is 0.294.